The van der Waals surface area contributed by atoms with E-state index in [1.807, 2.05) is 0 Å². The smallest absolute Gasteiger partial charge is 0.303 e. The summed E-state index contributed by atoms with van der Waals surface area (Å²) in [6.45, 7) is 0.379. The minimum atomic E-state index is -3.51. The molecule has 0 spiro atoms. The summed E-state index contributed by atoms with van der Waals surface area (Å²) in [5.74, 6) is -1.17. The first-order valence-electron chi connectivity index (χ1n) is 6.77. The van der Waals surface area contributed by atoms with Crippen molar-refractivity contribution in [1.29, 1.82) is 0 Å². The number of hydrogen-bond acceptors (Lipinski definition) is 4. The Hall–Kier alpha value is -1.93. The van der Waals surface area contributed by atoms with Gasteiger partial charge in [0.25, 0.3) is 5.91 Å². The van der Waals surface area contributed by atoms with E-state index in [-0.39, 0.29) is 17.2 Å². The molecule has 8 heteroatoms. The number of rotatable bonds is 8. The Labute approximate surface area is 130 Å². The monoisotopic (exact) mass is 328 g/mol. The number of carbonyl (C=O) groups excluding carboxylic acids is 1. The summed E-state index contributed by atoms with van der Waals surface area (Å²) in [7, 11) is -0.631. The van der Waals surface area contributed by atoms with Crippen molar-refractivity contribution in [2.24, 2.45) is 0 Å². The van der Waals surface area contributed by atoms with E-state index in [1.165, 1.54) is 38.4 Å². The fourth-order valence-electron chi connectivity index (χ4n) is 1.69. The number of carboxylic acid groups (broad SMARTS) is 1. The van der Waals surface area contributed by atoms with Crippen LogP contribution >= 0.6 is 0 Å². The lowest BCUT2D eigenvalue weighted by molar-refractivity contribution is -0.137. The lowest BCUT2D eigenvalue weighted by Gasteiger charge is -2.11. The second-order valence-corrected chi connectivity index (χ2v) is 7.07. The molecule has 0 aliphatic rings. The second-order valence-electron chi connectivity index (χ2n) is 4.92. The van der Waals surface area contributed by atoms with Crippen molar-refractivity contribution in [3.63, 3.8) is 0 Å². The molecule has 1 amide bonds. The molecule has 22 heavy (non-hydrogen) atoms. The van der Waals surface area contributed by atoms with Gasteiger partial charge < -0.3 is 10.4 Å². The molecule has 0 atom stereocenters. The summed E-state index contributed by atoms with van der Waals surface area (Å²) in [5.41, 5.74) is 0.357. The van der Waals surface area contributed by atoms with Gasteiger partial charge in [-0.2, -0.15) is 0 Å². The van der Waals surface area contributed by atoms with Gasteiger partial charge in [0.1, 0.15) is 0 Å². The number of nitrogens with zero attached hydrogens (tertiary/aromatic N) is 1. The number of amides is 1. The predicted octanol–water partition coefficient (Wildman–Crippen LogP) is 0.922. The van der Waals surface area contributed by atoms with Crippen molar-refractivity contribution in [3.05, 3.63) is 29.8 Å². The number of aliphatic carboxylic acids is 1. The SMILES string of the molecule is CN(C)S(=O)(=O)c1ccc(C(=O)NCCCCC(=O)O)cc1. The first kappa shape index (κ1) is 18.1. The predicted molar refractivity (Wildman–Crippen MR) is 81.1 cm³/mol. The number of sulfonamides is 1. The molecule has 0 aliphatic carbocycles. The van der Waals surface area contributed by atoms with Crippen LogP contribution in [0.4, 0.5) is 0 Å². The second kappa shape index (κ2) is 7.90. The average molecular weight is 328 g/mol. The van der Waals surface area contributed by atoms with Crippen molar-refractivity contribution in [1.82, 2.24) is 9.62 Å². The Morgan fingerprint density at radius 3 is 2.23 bits per heavy atom. The Morgan fingerprint density at radius 1 is 1.14 bits per heavy atom. The highest BCUT2D eigenvalue weighted by molar-refractivity contribution is 7.89. The third kappa shape index (κ3) is 5.12. The number of hydrogen-bond donors (Lipinski definition) is 2. The van der Waals surface area contributed by atoms with Crippen molar-refractivity contribution >= 4 is 21.9 Å². The molecule has 0 aliphatic heterocycles. The van der Waals surface area contributed by atoms with Gasteiger partial charge in [0.05, 0.1) is 4.90 Å². The molecular formula is C14H20N2O5S. The van der Waals surface area contributed by atoms with Crippen LogP contribution in [0.2, 0.25) is 0 Å². The standard InChI is InChI=1S/C14H20N2O5S/c1-16(2)22(20,21)12-8-6-11(7-9-12)14(19)15-10-4-3-5-13(17)18/h6-9H,3-5,10H2,1-2H3,(H,15,19)(H,17,18). The lowest BCUT2D eigenvalue weighted by atomic mass is 10.2. The molecule has 0 unspecified atom stereocenters. The van der Waals surface area contributed by atoms with E-state index in [0.717, 1.165) is 4.31 Å². The molecule has 7 nitrogen and oxygen atoms in total. The minimum absolute atomic E-state index is 0.0764. The fourth-order valence-corrected chi connectivity index (χ4v) is 2.60. The third-order valence-electron chi connectivity index (χ3n) is 3.00. The molecule has 0 radical (unpaired) electrons. The summed E-state index contributed by atoms with van der Waals surface area (Å²) in [6, 6.07) is 5.66. The van der Waals surface area contributed by atoms with Gasteiger partial charge in [-0.15, -0.1) is 0 Å². The molecule has 0 fully saturated rings. The van der Waals surface area contributed by atoms with Crippen LogP contribution in [-0.4, -0.2) is 50.3 Å². The van der Waals surface area contributed by atoms with Gasteiger partial charge in [-0.25, -0.2) is 12.7 Å². The number of carbonyl (C=O) groups is 2. The van der Waals surface area contributed by atoms with Crippen molar-refractivity contribution in [2.45, 2.75) is 24.2 Å². The van der Waals surface area contributed by atoms with Gasteiger partial charge in [-0.05, 0) is 37.1 Å². The topological polar surface area (TPSA) is 104 Å². The van der Waals surface area contributed by atoms with Crippen LogP contribution in [0, 0.1) is 0 Å². The summed E-state index contributed by atoms with van der Waals surface area (Å²) < 4.78 is 24.9. The van der Waals surface area contributed by atoms with E-state index < -0.39 is 16.0 Å². The Kier molecular flexibility index (Phi) is 6.51. The summed E-state index contributed by atoms with van der Waals surface area (Å²) in [6.07, 6.45) is 1.15. The van der Waals surface area contributed by atoms with Gasteiger partial charge in [0.15, 0.2) is 0 Å². The van der Waals surface area contributed by atoms with Crippen LogP contribution in [0.1, 0.15) is 29.6 Å². The summed E-state index contributed by atoms with van der Waals surface area (Å²) >= 11 is 0. The summed E-state index contributed by atoms with van der Waals surface area (Å²) in [4.78, 5) is 22.3. The van der Waals surface area contributed by atoms with Gasteiger partial charge in [0.2, 0.25) is 10.0 Å². The van der Waals surface area contributed by atoms with E-state index in [9.17, 15) is 18.0 Å². The highest BCUT2D eigenvalue weighted by atomic mass is 32.2. The average Bonchev–Trinajstić information content (AvgIpc) is 2.46. The van der Waals surface area contributed by atoms with Gasteiger partial charge in [-0.3, -0.25) is 9.59 Å². The first-order valence-corrected chi connectivity index (χ1v) is 8.21. The molecule has 1 rings (SSSR count). The highest BCUT2D eigenvalue weighted by Gasteiger charge is 2.17. The largest absolute Gasteiger partial charge is 0.481 e. The van der Waals surface area contributed by atoms with Gasteiger partial charge in [-0.1, -0.05) is 0 Å². The van der Waals surface area contributed by atoms with Crippen LogP contribution in [0.5, 0.6) is 0 Å². The van der Waals surface area contributed by atoms with Crippen LogP contribution in [0.25, 0.3) is 0 Å². The van der Waals surface area contributed by atoms with Gasteiger partial charge >= 0.3 is 5.97 Å². The Balaban J connectivity index is 2.56. The van der Waals surface area contributed by atoms with E-state index in [2.05, 4.69) is 5.32 Å². The van der Waals surface area contributed by atoms with Crippen LogP contribution in [0.3, 0.4) is 0 Å². The Bertz CT molecular complexity index is 623. The molecule has 2 N–H and O–H groups in total. The van der Waals surface area contributed by atoms with Gasteiger partial charge in [0, 0.05) is 32.6 Å². The molecule has 0 aromatic heterocycles. The van der Waals surface area contributed by atoms with Crippen LogP contribution in [-0.2, 0) is 14.8 Å². The quantitative estimate of drug-likeness (QED) is 0.691. The Morgan fingerprint density at radius 2 is 1.73 bits per heavy atom. The molecular weight excluding hydrogens is 308 g/mol. The van der Waals surface area contributed by atoms with E-state index in [1.54, 1.807) is 0 Å². The van der Waals surface area contributed by atoms with Crippen molar-refractivity contribution in [3.8, 4) is 0 Å². The number of unbranched alkanes of at least 4 members (excludes halogenated alkanes) is 1. The summed E-state index contributed by atoms with van der Waals surface area (Å²) in [5, 5.41) is 11.2. The molecule has 0 heterocycles. The maximum Gasteiger partial charge on any atom is 0.303 e. The lowest BCUT2D eigenvalue weighted by Crippen LogP contribution is -2.25. The normalized spacial score (nSPS) is 11.4. The first-order chi connectivity index (χ1) is 10.2. The maximum absolute atomic E-state index is 11.9. The molecule has 0 saturated heterocycles. The van der Waals surface area contributed by atoms with Crippen LogP contribution < -0.4 is 5.32 Å². The van der Waals surface area contributed by atoms with Crippen molar-refractivity contribution < 1.29 is 23.1 Å². The van der Waals surface area contributed by atoms with E-state index in [0.29, 0.717) is 24.9 Å². The van der Waals surface area contributed by atoms with Crippen LogP contribution in [0.15, 0.2) is 29.2 Å². The molecule has 1 aromatic rings. The highest BCUT2D eigenvalue weighted by Crippen LogP contribution is 2.13. The zero-order chi connectivity index (χ0) is 16.8. The molecule has 0 bridgehead atoms. The maximum atomic E-state index is 11.9. The zero-order valence-electron chi connectivity index (χ0n) is 12.6. The van der Waals surface area contributed by atoms with E-state index >= 15 is 0 Å². The number of carboxylic acids is 1. The third-order valence-corrected chi connectivity index (χ3v) is 4.83. The van der Waals surface area contributed by atoms with Crippen molar-refractivity contribution in [2.75, 3.05) is 20.6 Å². The minimum Gasteiger partial charge on any atom is -0.481 e. The van der Waals surface area contributed by atoms with E-state index in [4.69, 9.17) is 5.11 Å². The fraction of sp³-hybridized carbons (Fsp3) is 0.429. The molecule has 0 saturated carbocycles. The number of nitrogens with one attached hydrogen (secondary N) is 1. The zero-order valence-corrected chi connectivity index (χ0v) is 13.4. The number of benzene rings is 1. The molecule has 122 valence electrons. The molecule has 1 aromatic carbocycles.